The molecule has 2 saturated heterocycles. The molecule has 2 heterocycles. The summed E-state index contributed by atoms with van der Waals surface area (Å²) >= 11 is 0. The molecule has 13 heavy (non-hydrogen) atoms. The van der Waals surface area contributed by atoms with Crippen LogP contribution >= 0.6 is 0 Å². The fourth-order valence-electron chi connectivity index (χ4n) is 2.95. The molecule has 76 valence electrons. The normalized spacial score (nSPS) is 29.3. The summed E-state index contributed by atoms with van der Waals surface area (Å²) in [7, 11) is 0. The van der Waals surface area contributed by atoms with Crippen molar-refractivity contribution in [2.45, 2.75) is 32.6 Å². The second-order valence-corrected chi connectivity index (χ2v) is 4.72. The van der Waals surface area contributed by atoms with Gasteiger partial charge in [-0.25, -0.2) is 0 Å². The first-order chi connectivity index (χ1) is 6.35. The third-order valence-corrected chi connectivity index (χ3v) is 3.85. The van der Waals surface area contributed by atoms with Crippen molar-refractivity contribution in [3.63, 3.8) is 0 Å². The highest BCUT2D eigenvalue weighted by Crippen LogP contribution is 2.37. The van der Waals surface area contributed by atoms with Gasteiger partial charge in [0.1, 0.15) is 0 Å². The van der Waals surface area contributed by atoms with Gasteiger partial charge in [-0.3, -0.25) is 0 Å². The maximum Gasteiger partial charge on any atom is 0.00388 e. The Bertz CT molecular complexity index is 156. The van der Waals surface area contributed by atoms with Gasteiger partial charge in [0.2, 0.25) is 0 Å². The molecule has 0 aromatic carbocycles. The Morgan fingerprint density at radius 3 is 2.69 bits per heavy atom. The predicted octanol–water partition coefficient (Wildman–Crippen LogP) is 1.47. The minimum absolute atomic E-state index is 0.694. The van der Waals surface area contributed by atoms with E-state index in [1.54, 1.807) is 0 Å². The molecule has 1 spiro atoms. The van der Waals surface area contributed by atoms with Gasteiger partial charge < -0.3 is 10.2 Å². The van der Waals surface area contributed by atoms with Crippen LogP contribution in [0.25, 0.3) is 0 Å². The van der Waals surface area contributed by atoms with E-state index in [1.807, 2.05) is 0 Å². The number of hydrogen-bond donors (Lipinski definition) is 1. The van der Waals surface area contributed by atoms with Crippen LogP contribution in [0.1, 0.15) is 32.6 Å². The predicted molar refractivity (Wildman–Crippen MR) is 55.9 cm³/mol. The molecule has 2 nitrogen and oxygen atoms in total. The molecule has 0 aromatic rings. The van der Waals surface area contributed by atoms with Crippen molar-refractivity contribution in [3.05, 3.63) is 0 Å². The molecule has 0 bridgehead atoms. The highest BCUT2D eigenvalue weighted by Gasteiger charge is 2.35. The second kappa shape index (κ2) is 3.97. The van der Waals surface area contributed by atoms with Crippen LogP contribution in [0.4, 0.5) is 0 Å². The lowest BCUT2D eigenvalue weighted by Gasteiger charge is -2.45. The summed E-state index contributed by atoms with van der Waals surface area (Å²) < 4.78 is 0. The van der Waals surface area contributed by atoms with E-state index >= 15 is 0 Å². The molecule has 2 aliphatic heterocycles. The van der Waals surface area contributed by atoms with Gasteiger partial charge in [-0.05, 0) is 57.3 Å². The Morgan fingerprint density at radius 1 is 1.23 bits per heavy atom. The van der Waals surface area contributed by atoms with E-state index in [-0.39, 0.29) is 0 Å². The van der Waals surface area contributed by atoms with Crippen LogP contribution in [0.3, 0.4) is 0 Å². The van der Waals surface area contributed by atoms with E-state index in [1.165, 1.54) is 58.4 Å². The zero-order chi connectivity index (χ0) is 9.15. The maximum absolute atomic E-state index is 3.47. The van der Waals surface area contributed by atoms with Crippen molar-refractivity contribution in [1.82, 2.24) is 10.2 Å². The standard InChI is InChI=1S/C11H22N2/c1-2-13-9-3-4-11(10-13)5-7-12-8-6-11/h12H,2-10H2,1H3. The van der Waals surface area contributed by atoms with Crippen LogP contribution < -0.4 is 5.32 Å². The number of rotatable bonds is 1. The highest BCUT2D eigenvalue weighted by atomic mass is 15.1. The average Bonchev–Trinajstić information content (AvgIpc) is 2.19. The number of nitrogens with zero attached hydrogens (tertiary/aromatic N) is 1. The zero-order valence-corrected chi connectivity index (χ0v) is 8.81. The third-order valence-electron chi connectivity index (χ3n) is 3.85. The van der Waals surface area contributed by atoms with E-state index in [9.17, 15) is 0 Å². The lowest BCUT2D eigenvalue weighted by Crippen LogP contribution is -2.48. The number of nitrogens with one attached hydrogen (secondary N) is 1. The number of likely N-dealkylation sites (tertiary alicyclic amines) is 1. The molecule has 2 fully saturated rings. The highest BCUT2D eigenvalue weighted by molar-refractivity contribution is 4.90. The molecule has 0 aliphatic carbocycles. The molecule has 0 atom stereocenters. The van der Waals surface area contributed by atoms with Gasteiger partial charge >= 0.3 is 0 Å². The van der Waals surface area contributed by atoms with Gasteiger partial charge in [0.25, 0.3) is 0 Å². The fourth-order valence-corrected chi connectivity index (χ4v) is 2.95. The van der Waals surface area contributed by atoms with E-state index < -0.39 is 0 Å². The molecule has 0 saturated carbocycles. The van der Waals surface area contributed by atoms with Gasteiger partial charge in [-0.15, -0.1) is 0 Å². The largest absolute Gasteiger partial charge is 0.317 e. The summed E-state index contributed by atoms with van der Waals surface area (Å²) in [6, 6.07) is 0. The van der Waals surface area contributed by atoms with Gasteiger partial charge in [-0.1, -0.05) is 6.92 Å². The van der Waals surface area contributed by atoms with E-state index in [4.69, 9.17) is 0 Å². The van der Waals surface area contributed by atoms with Crippen LogP contribution in [0.2, 0.25) is 0 Å². The van der Waals surface area contributed by atoms with E-state index in [0.29, 0.717) is 5.41 Å². The van der Waals surface area contributed by atoms with Crippen molar-refractivity contribution in [3.8, 4) is 0 Å². The van der Waals surface area contributed by atoms with Crippen LogP contribution in [-0.2, 0) is 0 Å². The number of hydrogen-bond acceptors (Lipinski definition) is 2. The molecule has 0 radical (unpaired) electrons. The van der Waals surface area contributed by atoms with Crippen molar-refractivity contribution in [2.24, 2.45) is 5.41 Å². The molecule has 1 N–H and O–H groups in total. The van der Waals surface area contributed by atoms with Gasteiger partial charge in [0.15, 0.2) is 0 Å². The summed E-state index contributed by atoms with van der Waals surface area (Å²) in [6.07, 6.45) is 5.71. The van der Waals surface area contributed by atoms with Crippen molar-refractivity contribution >= 4 is 0 Å². The fraction of sp³-hybridized carbons (Fsp3) is 1.00. The molecule has 0 unspecified atom stereocenters. The quantitative estimate of drug-likeness (QED) is 0.660. The minimum Gasteiger partial charge on any atom is -0.317 e. The van der Waals surface area contributed by atoms with Crippen LogP contribution in [0.5, 0.6) is 0 Å². The first-order valence-corrected chi connectivity index (χ1v) is 5.78. The Balaban J connectivity index is 1.95. The topological polar surface area (TPSA) is 15.3 Å². The zero-order valence-electron chi connectivity index (χ0n) is 8.81. The second-order valence-electron chi connectivity index (χ2n) is 4.72. The van der Waals surface area contributed by atoms with Gasteiger partial charge in [-0.2, -0.15) is 0 Å². The molecular weight excluding hydrogens is 160 g/mol. The number of piperidine rings is 2. The lowest BCUT2D eigenvalue weighted by atomic mass is 9.73. The van der Waals surface area contributed by atoms with Gasteiger partial charge in [0.05, 0.1) is 0 Å². The summed E-state index contributed by atoms with van der Waals surface area (Å²) in [6.45, 7) is 8.74. The summed E-state index contributed by atoms with van der Waals surface area (Å²) in [5.41, 5.74) is 0.694. The molecule has 0 aromatic heterocycles. The Morgan fingerprint density at radius 2 is 2.00 bits per heavy atom. The SMILES string of the molecule is CCN1CCCC2(CCNCC2)C1. The lowest BCUT2D eigenvalue weighted by molar-refractivity contribution is 0.0630. The van der Waals surface area contributed by atoms with Gasteiger partial charge in [0, 0.05) is 6.54 Å². The summed E-state index contributed by atoms with van der Waals surface area (Å²) in [5, 5.41) is 3.47. The Kier molecular flexibility index (Phi) is 2.89. The van der Waals surface area contributed by atoms with Crippen molar-refractivity contribution in [2.75, 3.05) is 32.7 Å². The van der Waals surface area contributed by atoms with Crippen molar-refractivity contribution in [1.29, 1.82) is 0 Å². The average molecular weight is 182 g/mol. The first-order valence-electron chi connectivity index (χ1n) is 5.78. The van der Waals surface area contributed by atoms with E-state index in [2.05, 4.69) is 17.1 Å². The maximum atomic E-state index is 3.47. The molecule has 2 heteroatoms. The molecule has 2 aliphatic rings. The molecule has 0 amide bonds. The monoisotopic (exact) mass is 182 g/mol. The first kappa shape index (κ1) is 9.47. The van der Waals surface area contributed by atoms with Crippen LogP contribution in [-0.4, -0.2) is 37.6 Å². The Hall–Kier alpha value is -0.0800. The third kappa shape index (κ3) is 2.05. The van der Waals surface area contributed by atoms with Crippen LogP contribution in [0, 0.1) is 5.41 Å². The van der Waals surface area contributed by atoms with E-state index in [0.717, 1.165) is 0 Å². The Labute approximate surface area is 81.7 Å². The summed E-state index contributed by atoms with van der Waals surface area (Å²) in [4.78, 5) is 2.63. The minimum atomic E-state index is 0.694. The van der Waals surface area contributed by atoms with Crippen LogP contribution in [0.15, 0.2) is 0 Å². The molecule has 2 rings (SSSR count). The smallest absolute Gasteiger partial charge is 0.00388 e. The summed E-state index contributed by atoms with van der Waals surface area (Å²) in [5.74, 6) is 0. The molecular formula is C11H22N2. The van der Waals surface area contributed by atoms with Crippen molar-refractivity contribution < 1.29 is 0 Å².